The van der Waals surface area contributed by atoms with Gasteiger partial charge in [0.1, 0.15) is 0 Å². The Labute approximate surface area is 116 Å². The summed E-state index contributed by atoms with van der Waals surface area (Å²) in [7, 11) is 1.35. The molecule has 1 atom stereocenters. The van der Waals surface area contributed by atoms with Gasteiger partial charge in [0.05, 0.1) is 31.3 Å². The average molecular weight is 272 g/mol. The lowest BCUT2D eigenvalue weighted by Gasteiger charge is -2.08. The van der Waals surface area contributed by atoms with Gasteiger partial charge in [-0.15, -0.1) is 0 Å². The van der Waals surface area contributed by atoms with E-state index < -0.39 is 6.10 Å². The highest BCUT2D eigenvalue weighted by Crippen LogP contribution is 2.29. The molecular weight excluding hydrogens is 256 g/mol. The van der Waals surface area contributed by atoms with Crippen LogP contribution < -0.4 is 0 Å². The Kier molecular flexibility index (Phi) is 3.77. The van der Waals surface area contributed by atoms with Crippen LogP contribution in [0, 0.1) is 18.3 Å². The van der Waals surface area contributed by atoms with Crippen LogP contribution in [0.25, 0.3) is 10.9 Å². The van der Waals surface area contributed by atoms with E-state index in [0.29, 0.717) is 11.1 Å². The Morgan fingerprint density at radius 3 is 2.80 bits per heavy atom. The van der Waals surface area contributed by atoms with Crippen LogP contribution in [0.2, 0.25) is 0 Å². The summed E-state index contributed by atoms with van der Waals surface area (Å²) in [6.07, 6.45) is -0.580. The number of aromatic amines is 1. The smallest absolute Gasteiger partial charge is 0.310 e. The van der Waals surface area contributed by atoms with E-state index in [1.54, 1.807) is 19.1 Å². The van der Waals surface area contributed by atoms with Gasteiger partial charge in [-0.25, -0.2) is 0 Å². The summed E-state index contributed by atoms with van der Waals surface area (Å²) in [6.45, 7) is 3.48. The number of rotatable bonds is 3. The normalized spacial score (nSPS) is 12.2. The van der Waals surface area contributed by atoms with Crippen LogP contribution in [0.15, 0.2) is 12.1 Å². The van der Waals surface area contributed by atoms with Crippen molar-refractivity contribution < 1.29 is 14.6 Å². The first kappa shape index (κ1) is 14.1. The summed E-state index contributed by atoms with van der Waals surface area (Å²) < 4.78 is 4.70. The van der Waals surface area contributed by atoms with Gasteiger partial charge in [0, 0.05) is 16.6 Å². The number of aromatic nitrogens is 1. The van der Waals surface area contributed by atoms with E-state index in [2.05, 4.69) is 11.1 Å². The van der Waals surface area contributed by atoms with Crippen LogP contribution >= 0.6 is 0 Å². The molecule has 2 aromatic rings. The minimum absolute atomic E-state index is 0.160. The van der Waals surface area contributed by atoms with E-state index in [4.69, 9.17) is 10.00 Å². The third-order valence-electron chi connectivity index (χ3n) is 3.41. The zero-order valence-corrected chi connectivity index (χ0v) is 11.7. The molecule has 0 aliphatic rings. The number of carbonyl (C=O) groups excluding carboxylic acids is 1. The van der Waals surface area contributed by atoms with Crippen LogP contribution in [-0.4, -0.2) is 23.2 Å². The Morgan fingerprint density at radius 2 is 2.25 bits per heavy atom. The summed E-state index contributed by atoms with van der Waals surface area (Å²) in [6, 6.07) is 5.54. The summed E-state index contributed by atoms with van der Waals surface area (Å²) in [5, 5.41) is 19.7. The number of aliphatic hydroxyl groups excluding tert-OH is 1. The number of fused-ring (bicyclic) bond motifs is 1. The number of hydrogen-bond donors (Lipinski definition) is 2. The highest BCUT2D eigenvalue weighted by Gasteiger charge is 2.16. The first-order valence-corrected chi connectivity index (χ1v) is 6.28. The first-order chi connectivity index (χ1) is 9.47. The molecule has 0 fully saturated rings. The van der Waals surface area contributed by atoms with Crippen LogP contribution in [0.3, 0.4) is 0 Å². The van der Waals surface area contributed by atoms with E-state index in [0.717, 1.165) is 22.2 Å². The maximum Gasteiger partial charge on any atom is 0.310 e. The molecule has 1 aromatic carbocycles. The van der Waals surface area contributed by atoms with Crippen LogP contribution in [0.5, 0.6) is 0 Å². The first-order valence-electron chi connectivity index (χ1n) is 6.28. The van der Waals surface area contributed by atoms with Crippen molar-refractivity contribution in [2.75, 3.05) is 7.11 Å². The minimum Gasteiger partial charge on any atom is -0.469 e. The summed E-state index contributed by atoms with van der Waals surface area (Å²) in [5.41, 5.74) is 3.46. The number of ether oxygens (including phenoxy) is 1. The van der Waals surface area contributed by atoms with Crippen molar-refractivity contribution >= 4 is 16.9 Å². The van der Waals surface area contributed by atoms with Gasteiger partial charge < -0.3 is 14.8 Å². The van der Waals surface area contributed by atoms with Gasteiger partial charge in [0.25, 0.3) is 0 Å². The van der Waals surface area contributed by atoms with E-state index in [1.807, 2.05) is 6.92 Å². The fraction of sp³-hybridized carbons (Fsp3) is 0.333. The molecule has 104 valence electrons. The number of benzene rings is 1. The number of nitrogens with one attached hydrogen (secondary N) is 1. The third-order valence-corrected chi connectivity index (χ3v) is 3.41. The predicted molar refractivity (Wildman–Crippen MR) is 74.1 cm³/mol. The number of aryl methyl sites for hydroxylation is 1. The number of hydrogen-bond acceptors (Lipinski definition) is 4. The monoisotopic (exact) mass is 272 g/mol. The fourth-order valence-electron chi connectivity index (χ4n) is 2.34. The zero-order chi connectivity index (χ0) is 14.9. The van der Waals surface area contributed by atoms with Crippen molar-refractivity contribution in [3.05, 3.63) is 34.5 Å². The second-order valence-corrected chi connectivity index (χ2v) is 4.75. The number of nitrogens with zero attached hydrogens (tertiary/aromatic N) is 1. The van der Waals surface area contributed by atoms with Crippen molar-refractivity contribution in [3.63, 3.8) is 0 Å². The molecule has 1 unspecified atom stereocenters. The van der Waals surface area contributed by atoms with Gasteiger partial charge in [-0.2, -0.15) is 5.26 Å². The quantitative estimate of drug-likeness (QED) is 0.838. The van der Waals surface area contributed by atoms with E-state index >= 15 is 0 Å². The van der Waals surface area contributed by atoms with Gasteiger partial charge in [0.15, 0.2) is 0 Å². The standard InChI is InChI=1S/C15H16N2O3/c1-8-11(6-15(19)20-3)13-5-12(9(2)18)10(7-16)4-14(13)17-8/h4-5,9,17-18H,6H2,1-3H3. The largest absolute Gasteiger partial charge is 0.469 e. The van der Waals surface area contributed by atoms with Gasteiger partial charge >= 0.3 is 5.97 Å². The number of methoxy groups -OCH3 is 1. The molecule has 0 aliphatic carbocycles. The SMILES string of the molecule is COC(=O)Cc1c(C)[nH]c2cc(C#N)c(C(C)O)cc12. The van der Waals surface area contributed by atoms with Crippen LogP contribution in [0.4, 0.5) is 0 Å². The van der Waals surface area contributed by atoms with Crippen molar-refractivity contribution in [3.8, 4) is 6.07 Å². The topological polar surface area (TPSA) is 86.1 Å². The maximum atomic E-state index is 11.5. The van der Waals surface area contributed by atoms with Gasteiger partial charge in [-0.05, 0) is 37.1 Å². The summed E-state index contributed by atoms with van der Waals surface area (Å²) >= 11 is 0. The Morgan fingerprint density at radius 1 is 1.55 bits per heavy atom. The second kappa shape index (κ2) is 5.35. The van der Waals surface area contributed by atoms with Crippen molar-refractivity contribution in [1.29, 1.82) is 5.26 Å². The molecule has 0 amide bonds. The molecule has 0 spiro atoms. The zero-order valence-electron chi connectivity index (χ0n) is 11.7. The van der Waals surface area contributed by atoms with Crippen LogP contribution in [-0.2, 0) is 16.0 Å². The second-order valence-electron chi connectivity index (χ2n) is 4.75. The Hall–Kier alpha value is -2.32. The highest BCUT2D eigenvalue weighted by atomic mass is 16.5. The number of carbonyl (C=O) groups is 1. The molecule has 0 bridgehead atoms. The third kappa shape index (κ3) is 2.38. The molecule has 0 saturated heterocycles. The van der Waals surface area contributed by atoms with Gasteiger partial charge in [0.2, 0.25) is 0 Å². The molecule has 2 rings (SSSR count). The Balaban J connectivity index is 2.66. The lowest BCUT2D eigenvalue weighted by atomic mass is 9.99. The molecule has 0 radical (unpaired) electrons. The molecule has 1 aromatic heterocycles. The van der Waals surface area contributed by atoms with Crippen LogP contribution in [0.1, 0.15) is 35.4 Å². The number of esters is 1. The van der Waals surface area contributed by atoms with E-state index in [9.17, 15) is 9.90 Å². The van der Waals surface area contributed by atoms with Crippen molar-refractivity contribution in [2.45, 2.75) is 26.4 Å². The molecule has 5 heteroatoms. The molecular formula is C15H16N2O3. The van der Waals surface area contributed by atoms with Crippen molar-refractivity contribution in [2.24, 2.45) is 0 Å². The Bertz CT molecular complexity index is 708. The molecule has 0 aliphatic heterocycles. The van der Waals surface area contributed by atoms with E-state index in [-0.39, 0.29) is 12.4 Å². The molecule has 1 heterocycles. The summed E-state index contributed by atoms with van der Waals surface area (Å²) in [4.78, 5) is 14.6. The highest BCUT2D eigenvalue weighted by molar-refractivity contribution is 5.90. The van der Waals surface area contributed by atoms with E-state index in [1.165, 1.54) is 7.11 Å². The minimum atomic E-state index is -0.741. The lowest BCUT2D eigenvalue weighted by molar-refractivity contribution is -0.139. The number of aliphatic hydroxyl groups is 1. The maximum absolute atomic E-state index is 11.5. The van der Waals surface area contributed by atoms with Crippen molar-refractivity contribution in [1.82, 2.24) is 4.98 Å². The summed E-state index contributed by atoms with van der Waals surface area (Å²) in [5.74, 6) is -0.322. The molecule has 20 heavy (non-hydrogen) atoms. The average Bonchev–Trinajstić information content (AvgIpc) is 2.72. The fourth-order valence-corrected chi connectivity index (χ4v) is 2.34. The number of nitriles is 1. The molecule has 2 N–H and O–H groups in total. The molecule has 5 nitrogen and oxygen atoms in total. The predicted octanol–water partition coefficient (Wildman–Crippen LogP) is 2.12. The van der Waals surface area contributed by atoms with Gasteiger partial charge in [-0.3, -0.25) is 4.79 Å². The lowest BCUT2D eigenvalue weighted by Crippen LogP contribution is -2.05. The molecule has 0 saturated carbocycles. The van der Waals surface area contributed by atoms with Gasteiger partial charge in [-0.1, -0.05) is 0 Å². The number of H-pyrrole nitrogens is 1.